The van der Waals surface area contributed by atoms with Crippen molar-refractivity contribution >= 4 is 29.5 Å². The van der Waals surface area contributed by atoms with Gasteiger partial charge in [-0.15, -0.1) is 11.8 Å². The zero-order valence-corrected chi connectivity index (χ0v) is 16.2. The van der Waals surface area contributed by atoms with Crippen molar-refractivity contribution < 1.29 is 23.5 Å². The number of hydrogen-bond donors (Lipinski definition) is 2. The summed E-state index contributed by atoms with van der Waals surface area (Å²) in [5, 5.41) is 4.91. The van der Waals surface area contributed by atoms with Crippen LogP contribution in [0.25, 0.3) is 0 Å². The van der Waals surface area contributed by atoms with Crippen molar-refractivity contribution in [2.24, 2.45) is 0 Å². The van der Waals surface area contributed by atoms with Gasteiger partial charge in [-0.2, -0.15) is 0 Å². The van der Waals surface area contributed by atoms with Gasteiger partial charge in [0.1, 0.15) is 17.1 Å². The molecule has 7 nitrogen and oxygen atoms in total. The number of carbonyl (C=O) groups is 3. The molecule has 0 aliphatic rings. The molecule has 1 aromatic heterocycles. The monoisotopic (exact) mass is 390 g/mol. The van der Waals surface area contributed by atoms with Crippen molar-refractivity contribution in [2.75, 3.05) is 7.11 Å². The Hall–Kier alpha value is -2.74. The first kappa shape index (κ1) is 20.6. The van der Waals surface area contributed by atoms with Crippen LogP contribution in [0.1, 0.15) is 30.0 Å². The third-order valence-corrected chi connectivity index (χ3v) is 4.88. The van der Waals surface area contributed by atoms with Crippen molar-refractivity contribution in [2.45, 2.75) is 36.6 Å². The van der Waals surface area contributed by atoms with Gasteiger partial charge in [0.05, 0.1) is 25.5 Å². The Bertz CT molecular complexity index is 791. The summed E-state index contributed by atoms with van der Waals surface area (Å²) in [6.07, 6.45) is 1.52. The predicted octanol–water partition coefficient (Wildman–Crippen LogP) is 2.37. The van der Waals surface area contributed by atoms with E-state index in [0.29, 0.717) is 16.2 Å². The van der Waals surface area contributed by atoms with E-state index < -0.39 is 17.2 Å². The van der Waals surface area contributed by atoms with Crippen LogP contribution in [0.15, 0.2) is 52.0 Å². The number of esters is 1. The van der Waals surface area contributed by atoms with Gasteiger partial charge in [0.2, 0.25) is 5.91 Å². The summed E-state index contributed by atoms with van der Waals surface area (Å²) in [6, 6.07) is 9.65. The highest BCUT2D eigenvalue weighted by Gasteiger charge is 2.21. The molecule has 2 aromatic rings. The van der Waals surface area contributed by atoms with Crippen LogP contribution >= 0.6 is 11.8 Å². The Labute approximate surface area is 161 Å². The largest absolute Gasteiger partial charge is 0.468 e. The maximum Gasteiger partial charge on any atom is 0.318 e. The molecule has 0 saturated heterocycles. The molecule has 27 heavy (non-hydrogen) atoms. The second-order valence-electron chi connectivity index (χ2n) is 5.77. The van der Waals surface area contributed by atoms with Gasteiger partial charge in [0.15, 0.2) is 0 Å². The maximum atomic E-state index is 12.6. The molecule has 0 spiro atoms. The lowest BCUT2D eigenvalue weighted by Gasteiger charge is -2.16. The van der Waals surface area contributed by atoms with E-state index in [0.717, 1.165) is 0 Å². The number of thioether (sulfide) groups is 1. The average molecular weight is 390 g/mol. The second-order valence-corrected chi connectivity index (χ2v) is 7.15. The zero-order valence-electron chi connectivity index (χ0n) is 15.4. The fourth-order valence-electron chi connectivity index (χ4n) is 2.24. The first-order valence-corrected chi connectivity index (χ1v) is 9.24. The van der Waals surface area contributed by atoms with Gasteiger partial charge in [-0.3, -0.25) is 14.4 Å². The van der Waals surface area contributed by atoms with Crippen LogP contribution in [0, 0.1) is 0 Å². The normalized spacial score (nSPS) is 12.7. The van der Waals surface area contributed by atoms with Gasteiger partial charge in [0, 0.05) is 4.90 Å². The van der Waals surface area contributed by atoms with Crippen molar-refractivity contribution in [3.8, 4) is 0 Å². The van der Waals surface area contributed by atoms with E-state index >= 15 is 0 Å². The van der Waals surface area contributed by atoms with Gasteiger partial charge >= 0.3 is 5.97 Å². The first-order chi connectivity index (χ1) is 12.9. The van der Waals surface area contributed by atoms with E-state index in [1.165, 1.54) is 25.1 Å². The van der Waals surface area contributed by atoms with E-state index in [2.05, 4.69) is 10.6 Å². The van der Waals surface area contributed by atoms with Crippen molar-refractivity contribution in [3.05, 3.63) is 54.0 Å². The maximum absolute atomic E-state index is 12.6. The lowest BCUT2D eigenvalue weighted by atomic mass is 10.2. The molecule has 0 saturated carbocycles. The Morgan fingerprint density at radius 1 is 1.15 bits per heavy atom. The van der Waals surface area contributed by atoms with E-state index in [-0.39, 0.29) is 18.4 Å². The highest BCUT2D eigenvalue weighted by molar-refractivity contribution is 8.00. The smallest absolute Gasteiger partial charge is 0.318 e. The van der Waals surface area contributed by atoms with E-state index in [9.17, 15) is 14.4 Å². The average Bonchev–Trinajstić information content (AvgIpc) is 3.19. The number of nitrogens with one attached hydrogen (secondary N) is 2. The minimum atomic E-state index is -0.733. The van der Waals surface area contributed by atoms with Crippen molar-refractivity contribution in [3.63, 3.8) is 0 Å². The number of furan rings is 1. The lowest BCUT2D eigenvalue weighted by molar-refractivity contribution is -0.139. The lowest BCUT2D eigenvalue weighted by Crippen LogP contribution is -2.44. The molecule has 2 unspecified atom stereocenters. The highest BCUT2D eigenvalue weighted by atomic mass is 32.2. The summed E-state index contributed by atoms with van der Waals surface area (Å²) >= 11 is 1.23. The Balaban J connectivity index is 1.98. The summed E-state index contributed by atoms with van der Waals surface area (Å²) in [4.78, 5) is 37.0. The molecular weight excluding hydrogens is 368 g/mol. The van der Waals surface area contributed by atoms with Crippen LogP contribution in [0.3, 0.4) is 0 Å². The molecule has 2 rings (SSSR count). The number of rotatable bonds is 8. The fourth-order valence-corrected chi connectivity index (χ4v) is 3.26. The minimum Gasteiger partial charge on any atom is -0.468 e. The Morgan fingerprint density at radius 3 is 2.56 bits per heavy atom. The van der Waals surface area contributed by atoms with Crippen LogP contribution in [0.5, 0.6) is 0 Å². The summed E-state index contributed by atoms with van der Waals surface area (Å²) in [6.45, 7) is 3.55. The summed E-state index contributed by atoms with van der Waals surface area (Å²) < 4.78 is 9.87. The van der Waals surface area contributed by atoms with Gasteiger partial charge in [-0.25, -0.2) is 0 Å². The predicted molar refractivity (Wildman–Crippen MR) is 101 cm³/mol. The van der Waals surface area contributed by atoms with Gasteiger partial charge in [-0.05, 0) is 38.1 Å². The SMILES string of the molecule is COC(=O)C(C)Sc1ccccc1C(=O)NC(C)C(=O)NCc1ccco1. The van der Waals surface area contributed by atoms with E-state index in [1.54, 1.807) is 50.2 Å². The molecule has 2 amide bonds. The van der Waals surface area contributed by atoms with Gasteiger partial charge in [-0.1, -0.05) is 12.1 Å². The minimum absolute atomic E-state index is 0.245. The summed E-state index contributed by atoms with van der Waals surface area (Å²) in [5.74, 6) is -0.468. The van der Waals surface area contributed by atoms with Crippen LogP contribution in [0.2, 0.25) is 0 Å². The van der Waals surface area contributed by atoms with Crippen LogP contribution in [-0.2, 0) is 20.9 Å². The molecular formula is C19H22N2O5S. The Morgan fingerprint density at radius 2 is 1.89 bits per heavy atom. The molecule has 1 heterocycles. The van der Waals surface area contributed by atoms with Crippen molar-refractivity contribution in [1.29, 1.82) is 0 Å². The summed E-state index contributed by atoms with van der Waals surface area (Å²) in [5.41, 5.74) is 0.393. The molecule has 8 heteroatoms. The highest BCUT2D eigenvalue weighted by Crippen LogP contribution is 2.27. The molecule has 0 aliphatic heterocycles. The van der Waals surface area contributed by atoms with E-state index in [1.807, 2.05) is 0 Å². The number of hydrogen-bond acceptors (Lipinski definition) is 6. The standard InChI is InChI=1S/C19H22N2O5S/c1-12(17(22)20-11-14-7-6-10-26-14)21-18(23)15-8-4-5-9-16(15)27-13(2)19(24)25-3/h4-10,12-13H,11H2,1-3H3,(H,20,22)(H,21,23). The topological polar surface area (TPSA) is 97.6 Å². The second kappa shape index (κ2) is 9.82. The number of amides is 2. The van der Waals surface area contributed by atoms with E-state index in [4.69, 9.17) is 9.15 Å². The quantitative estimate of drug-likeness (QED) is 0.530. The summed E-state index contributed by atoms with van der Waals surface area (Å²) in [7, 11) is 1.32. The third kappa shape index (κ3) is 5.89. The fraction of sp³-hybridized carbons (Fsp3) is 0.316. The van der Waals surface area contributed by atoms with Crippen molar-refractivity contribution in [1.82, 2.24) is 10.6 Å². The molecule has 2 atom stereocenters. The molecule has 0 fully saturated rings. The van der Waals surface area contributed by atoms with Gasteiger partial charge < -0.3 is 19.8 Å². The molecule has 0 radical (unpaired) electrons. The molecule has 1 aromatic carbocycles. The molecule has 0 bridgehead atoms. The molecule has 0 aliphatic carbocycles. The number of ether oxygens (including phenoxy) is 1. The third-order valence-electron chi connectivity index (χ3n) is 3.73. The first-order valence-electron chi connectivity index (χ1n) is 8.36. The van der Waals surface area contributed by atoms with Crippen LogP contribution in [-0.4, -0.2) is 36.2 Å². The number of carbonyl (C=O) groups excluding carboxylic acids is 3. The molecule has 144 valence electrons. The Kier molecular flexibility index (Phi) is 7.48. The van der Waals surface area contributed by atoms with Gasteiger partial charge in [0.25, 0.3) is 5.91 Å². The van der Waals surface area contributed by atoms with Crippen LogP contribution in [0.4, 0.5) is 0 Å². The van der Waals surface area contributed by atoms with Crippen LogP contribution < -0.4 is 10.6 Å². The number of benzene rings is 1. The number of methoxy groups -OCH3 is 1. The molecule has 2 N–H and O–H groups in total. The zero-order chi connectivity index (χ0) is 19.8.